The Morgan fingerprint density at radius 1 is 1.50 bits per heavy atom. The molecule has 0 spiro atoms. The normalized spacial score (nSPS) is 23.7. The SMILES string of the molecule is Cl.O=C(CC1CSCCN1)NC1CCOc2c(Cl)cccc21. The predicted octanol–water partition coefficient (Wildman–Crippen LogP) is 2.80. The number of benzene rings is 1. The molecular formula is C15H20Cl2N2O2S. The molecule has 1 saturated heterocycles. The molecule has 2 atom stereocenters. The number of rotatable bonds is 3. The molecule has 0 aromatic heterocycles. The van der Waals surface area contributed by atoms with Crippen LogP contribution in [0.25, 0.3) is 0 Å². The van der Waals surface area contributed by atoms with E-state index in [0.29, 0.717) is 23.8 Å². The van der Waals surface area contributed by atoms with Gasteiger partial charge in [0.2, 0.25) is 5.91 Å². The van der Waals surface area contributed by atoms with Gasteiger partial charge in [0.05, 0.1) is 17.7 Å². The Balaban J connectivity index is 0.00000176. The summed E-state index contributed by atoms with van der Waals surface area (Å²) in [7, 11) is 0. The van der Waals surface area contributed by atoms with Crippen molar-refractivity contribution in [2.24, 2.45) is 0 Å². The van der Waals surface area contributed by atoms with Crippen molar-refractivity contribution in [3.63, 3.8) is 0 Å². The van der Waals surface area contributed by atoms with E-state index < -0.39 is 0 Å². The first-order chi connectivity index (χ1) is 10.2. The molecule has 0 bridgehead atoms. The summed E-state index contributed by atoms with van der Waals surface area (Å²) in [5.74, 6) is 2.93. The van der Waals surface area contributed by atoms with Crippen LogP contribution in [0, 0.1) is 0 Å². The van der Waals surface area contributed by atoms with E-state index in [1.54, 1.807) is 0 Å². The molecule has 3 rings (SSSR count). The number of carbonyl (C=O) groups is 1. The highest BCUT2D eigenvalue weighted by Gasteiger charge is 2.25. The van der Waals surface area contributed by atoms with Gasteiger partial charge in [-0.3, -0.25) is 4.79 Å². The molecule has 0 radical (unpaired) electrons. The molecule has 1 aromatic rings. The lowest BCUT2D eigenvalue weighted by atomic mass is 10.00. The van der Waals surface area contributed by atoms with E-state index in [9.17, 15) is 4.79 Å². The average Bonchev–Trinajstić information content (AvgIpc) is 2.49. The first-order valence-corrected chi connectivity index (χ1v) is 8.79. The van der Waals surface area contributed by atoms with Crippen LogP contribution in [0.5, 0.6) is 5.75 Å². The fourth-order valence-electron chi connectivity index (χ4n) is 2.76. The summed E-state index contributed by atoms with van der Waals surface area (Å²) in [6.07, 6.45) is 1.31. The van der Waals surface area contributed by atoms with E-state index in [2.05, 4.69) is 10.6 Å². The van der Waals surface area contributed by atoms with Crippen molar-refractivity contribution in [2.75, 3.05) is 24.7 Å². The molecule has 4 nitrogen and oxygen atoms in total. The van der Waals surface area contributed by atoms with Crippen LogP contribution >= 0.6 is 35.8 Å². The summed E-state index contributed by atoms with van der Waals surface area (Å²) in [6.45, 7) is 1.57. The zero-order valence-electron chi connectivity index (χ0n) is 12.1. The molecule has 7 heteroatoms. The number of hydrogen-bond donors (Lipinski definition) is 2. The highest BCUT2D eigenvalue weighted by molar-refractivity contribution is 7.99. The molecule has 2 heterocycles. The third-order valence-electron chi connectivity index (χ3n) is 3.79. The smallest absolute Gasteiger partial charge is 0.222 e. The van der Waals surface area contributed by atoms with Gasteiger partial charge in [-0.1, -0.05) is 23.7 Å². The van der Waals surface area contributed by atoms with Crippen molar-refractivity contribution in [2.45, 2.75) is 24.9 Å². The molecule has 2 N–H and O–H groups in total. The van der Waals surface area contributed by atoms with Gasteiger partial charge in [0.1, 0.15) is 5.75 Å². The minimum Gasteiger partial charge on any atom is -0.492 e. The predicted molar refractivity (Wildman–Crippen MR) is 93.4 cm³/mol. The van der Waals surface area contributed by atoms with E-state index in [1.807, 2.05) is 30.0 Å². The molecular weight excluding hydrogens is 343 g/mol. The minimum absolute atomic E-state index is 0. The lowest BCUT2D eigenvalue weighted by Gasteiger charge is -2.28. The number of ether oxygens (including phenoxy) is 1. The molecule has 22 heavy (non-hydrogen) atoms. The molecule has 2 aliphatic rings. The van der Waals surface area contributed by atoms with Crippen molar-refractivity contribution >= 4 is 41.7 Å². The van der Waals surface area contributed by atoms with Crippen LogP contribution in [-0.4, -0.2) is 36.6 Å². The maximum atomic E-state index is 12.2. The Bertz CT molecular complexity index is 524. The number of nitrogens with one attached hydrogen (secondary N) is 2. The lowest BCUT2D eigenvalue weighted by Crippen LogP contribution is -2.42. The second kappa shape index (κ2) is 8.29. The number of para-hydroxylation sites is 1. The van der Waals surface area contributed by atoms with Crippen LogP contribution in [-0.2, 0) is 4.79 Å². The van der Waals surface area contributed by atoms with Crippen LogP contribution in [0.1, 0.15) is 24.4 Å². The quantitative estimate of drug-likeness (QED) is 0.867. The first kappa shape index (κ1) is 17.7. The Morgan fingerprint density at radius 2 is 2.36 bits per heavy atom. The molecule has 1 aromatic carbocycles. The molecule has 2 aliphatic heterocycles. The summed E-state index contributed by atoms with van der Waals surface area (Å²) < 4.78 is 5.62. The van der Waals surface area contributed by atoms with Crippen LogP contribution in [0.4, 0.5) is 0 Å². The third kappa shape index (κ3) is 4.22. The van der Waals surface area contributed by atoms with Gasteiger partial charge in [-0.2, -0.15) is 11.8 Å². The maximum absolute atomic E-state index is 12.2. The van der Waals surface area contributed by atoms with E-state index in [-0.39, 0.29) is 30.4 Å². The van der Waals surface area contributed by atoms with E-state index >= 15 is 0 Å². The summed E-state index contributed by atoms with van der Waals surface area (Å²) >= 11 is 8.05. The molecule has 0 aliphatic carbocycles. The standard InChI is InChI=1S/C15H19ClN2O2S.ClH/c16-12-3-1-2-11-13(4-6-20-15(11)12)18-14(19)8-10-9-21-7-5-17-10;/h1-3,10,13,17H,4-9H2,(H,18,19);1H. The molecule has 1 fully saturated rings. The fraction of sp³-hybridized carbons (Fsp3) is 0.533. The number of hydrogen-bond acceptors (Lipinski definition) is 4. The molecule has 0 saturated carbocycles. The van der Waals surface area contributed by atoms with Gasteiger partial charge in [0.15, 0.2) is 0 Å². The van der Waals surface area contributed by atoms with Crippen LogP contribution in [0.15, 0.2) is 18.2 Å². The zero-order chi connectivity index (χ0) is 14.7. The molecule has 2 unspecified atom stereocenters. The number of halogens is 2. The Morgan fingerprint density at radius 3 is 3.14 bits per heavy atom. The summed E-state index contributed by atoms with van der Waals surface area (Å²) in [5, 5.41) is 7.12. The van der Waals surface area contributed by atoms with Crippen LogP contribution in [0.2, 0.25) is 5.02 Å². The van der Waals surface area contributed by atoms with E-state index in [0.717, 1.165) is 30.0 Å². The largest absolute Gasteiger partial charge is 0.492 e. The highest BCUT2D eigenvalue weighted by Crippen LogP contribution is 2.37. The topological polar surface area (TPSA) is 50.4 Å². The summed E-state index contributed by atoms with van der Waals surface area (Å²) in [6, 6.07) is 5.96. The Kier molecular flexibility index (Phi) is 6.68. The second-order valence-electron chi connectivity index (χ2n) is 5.35. The zero-order valence-corrected chi connectivity index (χ0v) is 14.5. The number of fused-ring (bicyclic) bond motifs is 1. The monoisotopic (exact) mass is 362 g/mol. The fourth-order valence-corrected chi connectivity index (χ4v) is 3.95. The Hall–Kier alpha value is -0.620. The minimum atomic E-state index is -0.00352. The Labute approximate surface area is 146 Å². The highest BCUT2D eigenvalue weighted by atomic mass is 35.5. The van der Waals surface area contributed by atoms with Gasteiger partial charge >= 0.3 is 0 Å². The third-order valence-corrected chi connectivity index (χ3v) is 5.22. The van der Waals surface area contributed by atoms with E-state index in [1.165, 1.54) is 0 Å². The van der Waals surface area contributed by atoms with Crippen molar-refractivity contribution in [1.29, 1.82) is 0 Å². The van der Waals surface area contributed by atoms with Gasteiger partial charge in [0.25, 0.3) is 0 Å². The second-order valence-corrected chi connectivity index (χ2v) is 6.90. The van der Waals surface area contributed by atoms with Gasteiger partial charge in [-0.15, -0.1) is 12.4 Å². The van der Waals surface area contributed by atoms with Crippen molar-refractivity contribution in [1.82, 2.24) is 10.6 Å². The van der Waals surface area contributed by atoms with Crippen molar-refractivity contribution in [3.8, 4) is 5.75 Å². The first-order valence-electron chi connectivity index (χ1n) is 7.26. The van der Waals surface area contributed by atoms with Crippen LogP contribution in [0.3, 0.4) is 0 Å². The summed E-state index contributed by atoms with van der Waals surface area (Å²) in [5.41, 5.74) is 0.980. The van der Waals surface area contributed by atoms with Gasteiger partial charge in [-0.25, -0.2) is 0 Å². The molecule has 1 amide bonds. The van der Waals surface area contributed by atoms with E-state index in [4.69, 9.17) is 16.3 Å². The number of thioether (sulfide) groups is 1. The van der Waals surface area contributed by atoms with Crippen molar-refractivity contribution in [3.05, 3.63) is 28.8 Å². The lowest BCUT2D eigenvalue weighted by molar-refractivity contribution is -0.122. The van der Waals surface area contributed by atoms with Gasteiger partial charge < -0.3 is 15.4 Å². The summed E-state index contributed by atoms with van der Waals surface area (Å²) in [4.78, 5) is 12.2. The number of carbonyl (C=O) groups excluding carboxylic acids is 1. The van der Waals surface area contributed by atoms with Crippen molar-refractivity contribution < 1.29 is 9.53 Å². The maximum Gasteiger partial charge on any atom is 0.222 e. The number of amides is 1. The average molecular weight is 363 g/mol. The van der Waals surface area contributed by atoms with Gasteiger partial charge in [-0.05, 0) is 6.07 Å². The van der Waals surface area contributed by atoms with Gasteiger partial charge in [0, 0.05) is 42.5 Å². The van der Waals surface area contributed by atoms with Crippen LogP contribution < -0.4 is 15.4 Å². The molecule has 122 valence electrons.